The Kier molecular flexibility index (Phi) is 5.40. The lowest BCUT2D eigenvalue weighted by atomic mass is 9.93. The van der Waals surface area contributed by atoms with Gasteiger partial charge in [-0.05, 0) is 45.2 Å². The first-order chi connectivity index (χ1) is 9.47. The molecule has 1 atom stereocenters. The minimum Gasteiger partial charge on any atom is -0.338 e. The molecule has 0 aromatic heterocycles. The van der Waals surface area contributed by atoms with Gasteiger partial charge < -0.3 is 10.2 Å². The van der Waals surface area contributed by atoms with E-state index in [1.807, 2.05) is 4.90 Å². The second-order valence-electron chi connectivity index (χ2n) is 5.83. The van der Waals surface area contributed by atoms with E-state index >= 15 is 0 Å². The van der Waals surface area contributed by atoms with Gasteiger partial charge in [-0.3, -0.25) is 4.79 Å². The summed E-state index contributed by atoms with van der Waals surface area (Å²) in [5.41, 5.74) is 0. The molecular formula is C13H25N3O3S. The van der Waals surface area contributed by atoms with Gasteiger partial charge in [0.05, 0.1) is 6.26 Å². The van der Waals surface area contributed by atoms with Crippen LogP contribution in [0, 0.1) is 5.92 Å². The Morgan fingerprint density at radius 2 is 1.95 bits per heavy atom. The van der Waals surface area contributed by atoms with Crippen molar-refractivity contribution in [3.8, 4) is 0 Å². The highest BCUT2D eigenvalue weighted by Gasteiger charge is 2.32. The Balaban J connectivity index is 1.96. The minimum absolute atomic E-state index is 0.0147. The summed E-state index contributed by atoms with van der Waals surface area (Å²) >= 11 is 0. The largest absolute Gasteiger partial charge is 0.338 e. The van der Waals surface area contributed by atoms with Crippen LogP contribution in [0.25, 0.3) is 0 Å². The first-order valence-electron chi connectivity index (χ1n) is 7.43. The molecule has 0 bridgehead atoms. The Morgan fingerprint density at radius 3 is 2.60 bits per heavy atom. The molecule has 0 saturated carbocycles. The molecule has 0 aromatic rings. The van der Waals surface area contributed by atoms with Crippen molar-refractivity contribution in [3.63, 3.8) is 0 Å². The Bertz CT molecular complexity index is 432. The molecule has 2 heterocycles. The molecule has 20 heavy (non-hydrogen) atoms. The molecule has 2 N–H and O–H groups in total. The number of sulfonamides is 1. The number of likely N-dealkylation sites (tertiary alicyclic amines) is 1. The monoisotopic (exact) mass is 303 g/mol. The van der Waals surface area contributed by atoms with E-state index in [4.69, 9.17) is 0 Å². The highest BCUT2D eigenvalue weighted by Crippen LogP contribution is 2.22. The molecule has 2 aliphatic rings. The number of rotatable bonds is 4. The van der Waals surface area contributed by atoms with Crippen molar-refractivity contribution in [2.45, 2.75) is 38.1 Å². The lowest BCUT2D eigenvalue weighted by molar-refractivity contribution is -0.140. The average Bonchev–Trinajstić information content (AvgIpc) is 2.45. The number of carbonyl (C=O) groups is 1. The average molecular weight is 303 g/mol. The first kappa shape index (κ1) is 15.7. The fraction of sp³-hybridized carbons (Fsp3) is 0.923. The number of hydrogen-bond donors (Lipinski definition) is 2. The third kappa shape index (κ3) is 4.43. The highest BCUT2D eigenvalue weighted by molar-refractivity contribution is 7.88. The SMILES string of the molecule is CS(=O)(=O)NCC1CCCCN1C(=O)C1CCNCC1. The smallest absolute Gasteiger partial charge is 0.226 e. The summed E-state index contributed by atoms with van der Waals surface area (Å²) in [5, 5.41) is 3.27. The summed E-state index contributed by atoms with van der Waals surface area (Å²) in [6.07, 6.45) is 5.91. The molecule has 2 rings (SSSR count). The van der Waals surface area contributed by atoms with E-state index in [2.05, 4.69) is 10.0 Å². The van der Waals surface area contributed by atoms with Gasteiger partial charge in [-0.25, -0.2) is 13.1 Å². The van der Waals surface area contributed by atoms with Gasteiger partial charge in [0, 0.05) is 25.0 Å². The number of hydrogen-bond acceptors (Lipinski definition) is 4. The van der Waals surface area contributed by atoms with E-state index in [1.165, 1.54) is 0 Å². The minimum atomic E-state index is -3.20. The maximum absolute atomic E-state index is 12.6. The van der Waals surface area contributed by atoms with Crippen LogP contribution in [0.3, 0.4) is 0 Å². The van der Waals surface area contributed by atoms with Crippen LogP contribution in [0.4, 0.5) is 0 Å². The van der Waals surface area contributed by atoms with E-state index < -0.39 is 10.0 Å². The summed E-state index contributed by atoms with van der Waals surface area (Å²) in [4.78, 5) is 14.5. The van der Waals surface area contributed by atoms with Gasteiger partial charge >= 0.3 is 0 Å². The highest BCUT2D eigenvalue weighted by atomic mass is 32.2. The van der Waals surface area contributed by atoms with Crippen LogP contribution in [0.1, 0.15) is 32.1 Å². The van der Waals surface area contributed by atoms with Gasteiger partial charge in [0.1, 0.15) is 0 Å². The quantitative estimate of drug-likeness (QED) is 0.761. The number of nitrogens with one attached hydrogen (secondary N) is 2. The standard InChI is InChI=1S/C13H25N3O3S/c1-20(18,19)15-10-12-4-2-3-9-16(12)13(17)11-5-7-14-8-6-11/h11-12,14-15H,2-10H2,1H3. The van der Waals surface area contributed by atoms with Crippen LogP contribution in [-0.2, 0) is 14.8 Å². The van der Waals surface area contributed by atoms with Crippen LogP contribution in [0.5, 0.6) is 0 Å². The van der Waals surface area contributed by atoms with Gasteiger partial charge in [0.15, 0.2) is 0 Å². The third-order valence-corrected chi connectivity index (χ3v) is 4.87. The molecule has 0 aliphatic carbocycles. The van der Waals surface area contributed by atoms with E-state index in [-0.39, 0.29) is 17.9 Å². The Hall–Kier alpha value is -0.660. The Morgan fingerprint density at radius 1 is 1.25 bits per heavy atom. The fourth-order valence-electron chi connectivity index (χ4n) is 3.05. The summed E-state index contributed by atoms with van der Waals surface area (Å²) < 4.78 is 25.0. The molecule has 2 aliphatic heterocycles. The Labute approximate surface area is 121 Å². The molecule has 1 amide bonds. The number of piperidine rings is 2. The van der Waals surface area contributed by atoms with Gasteiger partial charge in [-0.1, -0.05) is 0 Å². The van der Waals surface area contributed by atoms with Crippen LogP contribution >= 0.6 is 0 Å². The normalized spacial score (nSPS) is 25.6. The van der Waals surface area contributed by atoms with Crippen molar-refractivity contribution in [2.75, 3.05) is 32.4 Å². The molecule has 2 saturated heterocycles. The van der Waals surface area contributed by atoms with Crippen molar-refractivity contribution in [2.24, 2.45) is 5.92 Å². The summed E-state index contributed by atoms with van der Waals surface area (Å²) in [7, 11) is -3.20. The lowest BCUT2D eigenvalue weighted by Crippen LogP contribution is -2.52. The molecule has 0 spiro atoms. The fourth-order valence-corrected chi connectivity index (χ4v) is 3.55. The third-order valence-electron chi connectivity index (χ3n) is 4.18. The second-order valence-corrected chi connectivity index (χ2v) is 7.66. The summed E-state index contributed by atoms with van der Waals surface area (Å²) in [6.45, 7) is 2.90. The summed E-state index contributed by atoms with van der Waals surface area (Å²) in [5.74, 6) is 0.321. The maximum Gasteiger partial charge on any atom is 0.226 e. The molecule has 116 valence electrons. The molecule has 2 fully saturated rings. The van der Waals surface area contributed by atoms with Crippen molar-refractivity contribution in [3.05, 3.63) is 0 Å². The number of amides is 1. The van der Waals surface area contributed by atoms with Crippen molar-refractivity contribution in [1.29, 1.82) is 0 Å². The van der Waals surface area contributed by atoms with Crippen LogP contribution < -0.4 is 10.0 Å². The zero-order chi connectivity index (χ0) is 14.6. The van der Waals surface area contributed by atoms with E-state index in [0.717, 1.165) is 58.0 Å². The molecule has 0 aromatic carbocycles. The zero-order valence-electron chi connectivity index (χ0n) is 12.1. The first-order valence-corrected chi connectivity index (χ1v) is 9.32. The topological polar surface area (TPSA) is 78.5 Å². The van der Waals surface area contributed by atoms with Crippen LogP contribution in [-0.4, -0.2) is 57.7 Å². The van der Waals surface area contributed by atoms with Crippen LogP contribution in [0.2, 0.25) is 0 Å². The molecule has 7 heteroatoms. The summed E-state index contributed by atoms with van der Waals surface area (Å²) in [6, 6.07) is 0.0147. The molecular weight excluding hydrogens is 278 g/mol. The molecule has 1 unspecified atom stereocenters. The number of carbonyl (C=O) groups excluding carboxylic acids is 1. The van der Waals surface area contributed by atoms with E-state index in [1.54, 1.807) is 0 Å². The van der Waals surface area contributed by atoms with E-state index in [9.17, 15) is 13.2 Å². The predicted molar refractivity (Wildman–Crippen MR) is 77.8 cm³/mol. The molecule has 6 nitrogen and oxygen atoms in total. The van der Waals surface area contributed by atoms with Crippen molar-refractivity contribution < 1.29 is 13.2 Å². The van der Waals surface area contributed by atoms with Gasteiger partial charge in [0.25, 0.3) is 0 Å². The zero-order valence-corrected chi connectivity index (χ0v) is 12.9. The predicted octanol–water partition coefficient (Wildman–Crippen LogP) is -0.0837. The van der Waals surface area contributed by atoms with Crippen molar-refractivity contribution in [1.82, 2.24) is 14.9 Å². The molecule has 0 radical (unpaired) electrons. The van der Waals surface area contributed by atoms with Gasteiger partial charge in [-0.2, -0.15) is 0 Å². The van der Waals surface area contributed by atoms with E-state index in [0.29, 0.717) is 6.54 Å². The van der Waals surface area contributed by atoms with Gasteiger partial charge in [0.2, 0.25) is 15.9 Å². The van der Waals surface area contributed by atoms with Gasteiger partial charge in [-0.15, -0.1) is 0 Å². The lowest BCUT2D eigenvalue weighted by Gasteiger charge is -2.38. The van der Waals surface area contributed by atoms with Crippen molar-refractivity contribution >= 4 is 15.9 Å². The van der Waals surface area contributed by atoms with Crippen LogP contribution in [0.15, 0.2) is 0 Å². The second kappa shape index (κ2) is 6.87. The maximum atomic E-state index is 12.6. The number of nitrogens with zero attached hydrogens (tertiary/aromatic N) is 1.